The van der Waals surface area contributed by atoms with Gasteiger partial charge in [-0.25, -0.2) is 0 Å². The first-order valence-electron chi connectivity index (χ1n) is 7.35. The van der Waals surface area contributed by atoms with E-state index < -0.39 is 5.60 Å². The summed E-state index contributed by atoms with van der Waals surface area (Å²) in [6.45, 7) is 0. The second-order valence-electron chi connectivity index (χ2n) is 5.10. The number of aliphatic hydroxyl groups is 1. The molecule has 112 valence electrons. The van der Waals surface area contributed by atoms with Crippen molar-refractivity contribution >= 4 is 6.08 Å². The molecule has 0 saturated heterocycles. The van der Waals surface area contributed by atoms with Crippen molar-refractivity contribution in [3.63, 3.8) is 0 Å². The summed E-state index contributed by atoms with van der Waals surface area (Å²) in [4.78, 5) is 0. The quantitative estimate of drug-likeness (QED) is 0.734. The Kier molecular flexibility index (Phi) is 4.42. The highest BCUT2D eigenvalue weighted by Crippen LogP contribution is 2.24. The molecule has 3 aromatic rings. The van der Waals surface area contributed by atoms with Crippen LogP contribution in [0.2, 0.25) is 0 Å². The molecular formula is C21H16O2. The fourth-order valence-corrected chi connectivity index (χ4v) is 2.15. The maximum Gasteiger partial charge on any atom is 0.203 e. The van der Waals surface area contributed by atoms with Crippen molar-refractivity contribution in [3.05, 3.63) is 102 Å². The van der Waals surface area contributed by atoms with Gasteiger partial charge in [-0.2, -0.15) is 0 Å². The molecule has 1 heterocycles. The lowest BCUT2D eigenvalue weighted by molar-refractivity contribution is 0.127. The number of hydrogen-bond donors (Lipinski definition) is 1. The zero-order valence-electron chi connectivity index (χ0n) is 12.5. The maximum atomic E-state index is 10.9. The van der Waals surface area contributed by atoms with Crippen LogP contribution in [0, 0.1) is 11.8 Å². The second-order valence-corrected chi connectivity index (χ2v) is 5.10. The van der Waals surface area contributed by atoms with E-state index >= 15 is 0 Å². The molecule has 0 aliphatic carbocycles. The molecule has 0 saturated carbocycles. The van der Waals surface area contributed by atoms with Crippen molar-refractivity contribution in [1.29, 1.82) is 0 Å². The van der Waals surface area contributed by atoms with E-state index in [0.717, 1.165) is 11.1 Å². The van der Waals surface area contributed by atoms with Crippen LogP contribution < -0.4 is 0 Å². The summed E-state index contributed by atoms with van der Waals surface area (Å²) in [5.74, 6) is 6.31. The number of benzene rings is 2. The summed E-state index contributed by atoms with van der Waals surface area (Å²) in [5.41, 5.74) is 0.347. The minimum atomic E-state index is -1.48. The van der Waals surface area contributed by atoms with Crippen molar-refractivity contribution < 1.29 is 9.52 Å². The van der Waals surface area contributed by atoms with Gasteiger partial charge in [0.05, 0.1) is 6.26 Å². The number of rotatable bonds is 3. The summed E-state index contributed by atoms with van der Waals surface area (Å²) in [5, 5.41) is 10.9. The highest BCUT2D eigenvalue weighted by Gasteiger charge is 2.26. The predicted octanol–water partition coefficient (Wildman–Crippen LogP) is 4.23. The van der Waals surface area contributed by atoms with Crippen molar-refractivity contribution in [2.75, 3.05) is 0 Å². The van der Waals surface area contributed by atoms with Gasteiger partial charge in [-0.15, -0.1) is 0 Å². The Labute approximate surface area is 135 Å². The third-order valence-electron chi connectivity index (χ3n) is 3.38. The Morgan fingerprint density at radius 1 is 0.870 bits per heavy atom. The Morgan fingerprint density at radius 3 is 2.22 bits per heavy atom. The standard InChI is InChI=1S/C21H16O2/c22-21(20-12-7-17-23-20,15-13-18-8-3-1-4-9-18)16-14-19-10-5-2-6-11-19/h1-13,15,17,22H/b15-13+. The van der Waals surface area contributed by atoms with Crippen LogP contribution in [0.1, 0.15) is 16.9 Å². The molecule has 1 N–H and O–H groups in total. The highest BCUT2D eigenvalue weighted by molar-refractivity contribution is 5.53. The van der Waals surface area contributed by atoms with Gasteiger partial charge < -0.3 is 9.52 Å². The second kappa shape index (κ2) is 6.83. The smallest absolute Gasteiger partial charge is 0.203 e. The molecule has 0 aliphatic rings. The Bertz CT molecular complexity index is 822. The third kappa shape index (κ3) is 3.79. The minimum absolute atomic E-state index is 0.396. The van der Waals surface area contributed by atoms with Crippen LogP contribution in [0.25, 0.3) is 6.08 Å². The van der Waals surface area contributed by atoms with Crippen LogP contribution in [0.15, 0.2) is 89.6 Å². The van der Waals surface area contributed by atoms with Crippen LogP contribution in [-0.2, 0) is 5.60 Å². The van der Waals surface area contributed by atoms with E-state index in [0.29, 0.717) is 5.76 Å². The van der Waals surface area contributed by atoms with Crippen molar-refractivity contribution in [2.24, 2.45) is 0 Å². The molecule has 0 fully saturated rings. The van der Waals surface area contributed by atoms with Crippen LogP contribution in [-0.4, -0.2) is 5.11 Å². The summed E-state index contributed by atoms with van der Waals surface area (Å²) in [6, 6.07) is 22.8. The molecule has 0 spiro atoms. The average molecular weight is 300 g/mol. The van der Waals surface area contributed by atoms with Crippen LogP contribution in [0.3, 0.4) is 0 Å². The molecule has 0 aliphatic heterocycles. The molecule has 0 bridgehead atoms. The molecule has 1 unspecified atom stereocenters. The van der Waals surface area contributed by atoms with E-state index in [1.807, 2.05) is 66.7 Å². The molecule has 2 heteroatoms. The predicted molar refractivity (Wildman–Crippen MR) is 91.4 cm³/mol. The molecule has 2 nitrogen and oxygen atoms in total. The third-order valence-corrected chi connectivity index (χ3v) is 3.38. The van der Waals surface area contributed by atoms with Gasteiger partial charge in [0.1, 0.15) is 0 Å². The van der Waals surface area contributed by atoms with Crippen LogP contribution in [0.5, 0.6) is 0 Å². The van der Waals surface area contributed by atoms with E-state index in [-0.39, 0.29) is 0 Å². The van der Waals surface area contributed by atoms with Gasteiger partial charge in [0, 0.05) is 5.56 Å². The lowest BCUT2D eigenvalue weighted by atomic mass is 9.99. The van der Waals surface area contributed by atoms with Gasteiger partial charge in [0.15, 0.2) is 5.76 Å². The Morgan fingerprint density at radius 2 is 1.57 bits per heavy atom. The summed E-state index contributed by atoms with van der Waals surface area (Å²) in [6.07, 6.45) is 5.01. The maximum absolute atomic E-state index is 10.9. The molecule has 1 aromatic heterocycles. The Balaban J connectivity index is 1.96. The topological polar surface area (TPSA) is 33.4 Å². The van der Waals surface area contributed by atoms with Crippen molar-refractivity contribution in [2.45, 2.75) is 5.60 Å². The van der Waals surface area contributed by atoms with Gasteiger partial charge in [-0.1, -0.05) is 66.4 Å². The summed E-state index contributed by atoms with van der Waals surface area (Å²) in [7, 11) is 0. The first-order valence-corrected chi connectivity index (χ1v) is 7.35. The molecule has 0 amide bonds. The average Bonchev–Trinajstić information content (AvgIpc) is 3.16. The van der Waals surface area contributed by atoms with Crippen LogP contribution >= 0.6 is 0 Å². The van der Waals surface area contributed by atoms with Gasteiger partial charge in [0.25, 0.3) is 0 Å². The van der Waals surface area contributed by atoms with Crippen molar-refractivity contribution in [3.8, 4) is 11.8 Å². The fourth-order valence-electron chi connectivity index (χ4n) is 2.15. The molecule has 2 aromatic carbocycles. The molecule has 23 heavy (non-hydrogen) atoms. The molecule has 1 atom stereocenters. The first kappa shape index (κ1) is 14.9. The normalized spacial score (nSPS) is 13.3. The minimum Gasteiger partial charge on any atom is -0.465 e. The van der Waals surface area contributed by atoms with Crippen LogP contribution in [0.4, 0.5) is 0 Å². The van der Waals surface area contributed by atoms with Gasteiger partial charge >= 0.3 is 0 Å². The van der Waals surface area contributed by atoms with E-state index in [2.05, 4.69) is 11.8 Å². The summed E-state index contributed by atoms with van der Waals surface area (Å²) >= 11 is 0. The largest absolute Gasteiger partial charge is 0.465 e. The SMILES string of the molecule is OC(C#Cc1ccccc1)(/C=C/c1ccccc1)c1ccco1. The lowest BCUT2D eigenvalue weighted by Crippen LogP contribution is -2.19. The molecular weight excluding hydrogens is 284 g/mol. The van der Waals surface area contributed by atoms with E-state index in [9.17, 15) is 5.11 Å². The fraction of sp³-hybridized carbons (Fsp3) is 0.0476. The zero-order valence-corrected chi connectivity index (χ0v) is 12.5. The Hall–Kier alpha value is -3.02. The van der Waals surface area contributed by atoms with E-state index in [4.69, 9.17) is 4.42 Å². The first-order chi connectivity index (χ1) is 11.3. The van der Waals surface area contributed by atoms with Gasteiger partial charge in [-0.3, -0.25) is 0 Å². The summed E-state index contributed by atoms with van der Waals surface area (Å²) < 4.78 is 5.37. The molecule has 0 radical (unpaired) electrons. The van der Waals surface area contributed by atoms with Gasteiger partial charge in [-0.05, 0) is 35.9 Å². The van der Waals surface area contributed by atoms with Gasteiger partial charge in [0.2, 0.25) is 5.60 Å². The van der Waals surface area contributed by atoms with E-state index in [1.165, 1.54) is 6.26 Å². The monoisotopic (exact) mass is 300 g/mol. The van der Waals surface area contributed by atoms with E-state index in [1.54, 1.807) is 18.2 Å². The lowest BCUT2D eigenvalue weighted by Gasteiger charge is -2.15. The van der Waals surface area contributed by atoms with Crippen molar-refractivity contribution in [1.82, 2.24) is 0 Å². The number of hydrogen-bond acceptors (Lipinski definition) is 2. The molecule has 3 rings (SSSR count). The zero-order chi connectivity index (χ0) is 16.0. The highest BCUT2D eigenvalue weighted by atomic mass is 16.4. The number of furan rings is 1.